The van der Waals surface area contributed by atoms with E-state index < -0.39 is 0 Å². The summed E-state index contributed by atoms with van der Waals surface area (Å²) in [6.45, 7) is 4.17. The molecule has 2 heterocycles. The van der Waals surface area contributed by atoms with Crippen LogP contribution in [0.15, 0.2) is 41.0 Å². The summed E-state index contributed by atoms with van der Waals surface area (Å²) in [5, 5.41) is 0. The molecule has 0 amide bonds. The fraction of sp³-hybridized carbons (Fsp3) is 0.250. The van der Waals surface area contributed by atoms with Crippen LogP contribution in [0.2, 0.25) is 0 Å². The highest BCUT2D eigenvalue weighted by atomic mass is 79.9. The zero-order chi connectivity index (χ0) is 14.8. The van der Waals surface area contributed by atoms with E-state index in [0.29, 0.717) is 5.65 Å². The van der Waals surface area contributed by atoms with Crippen LogP contribution in [0.1, 0.15) is 20.3 Å². The average molecular weight is 346 g/mol. The number of imidazole rings is 1. The van der Waals surface area contributed by atoms with Crippen molar-refractivity contribution >= 4 is 27.1 Å². The summed E-state index contributed by atoms with van der Waals surface area (Å²) in [6, 6.07) is 9.92. The molecule has 0 aliphatic carbocycles. The maximum absolute atomic E-state index is 5.85. The van der Waals surface area contributed by atoms with E-state index in [9.17, 15) is 0 Å². The number of hydrogen-bond acceptors (Lipinski definition) is 3. The van der Waals surface area contributed by atoms with Crippen LogP contribution >= 0.6 is 15.9 Å². The quantitative estimate of drug-likeness (QED) is 0.753. The Hall–Kier alpha value is -1.88. The molecule has 3 aromatic rings. The number of pyridine rings is 1. The molecule has 4 nitrogen and oxygen atoms in total. The molecule has 108 valence electrons. The van der Waals surface area contributed by atoms with Gasteiger partial charge in [0.1, 0.15) is 11.6 Å². The molecule has 2 aromatic heterocycles. The standard InChI is InChI=1S/C16H16BrN3O/c1-3-10(2)21-13-6-4-5-11(7-13)15-19-14-8-12(17)9-18-16(14)20-15/h4-10H,3H2,1-2H3,(H,18,19,20). The third-order valence-corrected chi connectivity index (χ3v) is 3.76. The van der Waals surface area contributed by atoms with Gasteiger partial charge < -0.3 is 9.72 Å². The summed E-state index contributed by atoms with van der Waals surface area (Å²) >= 11 is 3.41. The van der Waals surface area contributed by atoms with Crippen LogP contribution < -0.4 is 4.74 Å². The Balaban J connectivity index is 1.96. The molecular weight excluding hydrogens is 330 g/mol. The fourth-order valence-electron chi connectivity index (χ4n) is 2.04. The molecule has 1 N–H and O–H groups in total. The van der Waals surface area contributed by atoms with Crippen LogP contribution in [0.5, 0.6) is 5.75 Å². The van der Waals surface area contributed by atoms with Gasteiger partial charge in [-0.15, -0.1) is 0 Å². The predicted octanol–water partition coefficient (Wildman–Crippen LogP) is 4.56. The third kappa shape index (κ3) is 3.08. The second-order valence-electron chi connectivity index (χ2n) is 4.97. The highest BCUT2D eigenvalue weighted by Crippen LogP contribution is 2.25. The molecule has 0 spiro atoms. The van der Waals surface area contributed by atoms with E-state index in [1.807, 2.05) is 30.3 Å². The minimum atomic E-state index is 0.202. The second kappa shape index (κ2) is 5.85. The van der Waals surface area contributed by atoms with Crippen molar-refractivity contribution in [1.82, 2.24) is 15.0 Å². The summed E-state index contributed by atoms with van der Waals surface area (Å²) in [4.78, 5) is 12.1. The van der Waals surface area contributed by atoms with E-state index in [2.05, 4.69) is 44.7 Å². The first kappa shape index (κ1) is 14.1. The zero-order valence-electron chi connectivity index (χ0n) is 11.9. The van der Waals surface area contributed by atoms with Crippen molar-refractivity contribution in [3.8, 4) is 17.1 Å². The van der Waals surface area contributed by atoms with E-state index >= 15 is 0 Å². The Labute approximate surface area is 131 Å². The van der Waals surface area contributed by atoms with Crippen molar-refractivity contribution in [2.45, 2.75) is 26.4 Å². The molecule has 1 aromatic carbocycles. The third-order valence-electron chi connectivity index (χ3n) is 3.32. The molecule has 0 bridgehead atoms. The first-order chi connectivity index (χ1) is 10.2. The van der Waals surface area contributed by atoms with Gasteiger partial charge in [0.15, 0.2) is 5.65 Å². The lowest BCUT2D eigenvalue weighted by Crippen LogP contribution is -2.09. The lowest BCUT2D eigenvalue weighted by molar-refractivity contribution is 0.217. The van der Waals surface area contributed by atoms with E-state index in [4.69, 9.17) is 4.74 Å². The number of hydrogen-bond donors (Lipinski definition) is 1. The highest BCUT2D eigenvalue weighted by Gasteiger charge is 2.08. The highest BCUT2D eigenvalue weighted by molar-refractivity contribution is 9.10. The van der Waals surface area contributed by atoms with Crippen molar-refractivity contribution < 1.29 is 4.74 Å². The maximum Gasteiger partial charge on any atom is 0.178 e. The summed E-state index contributed by atoms with van der Waals surface area (Å²) in [7, 11) is 0. The van der Waals surface area contributed by atoms with Crippen molar-refractivity contribution in [3.63, 3.8) is 0 Å². The molecule has 0 fully saturated rings. The largest absolute Gasteiger partial charge is 0.491 e. The Kier molecular flexibility index (Phi) is 3.92. The Bertz CT molecular complexity index is 769. The number of H-pyrrole nitrogens is 1. The van der Waals surface area contributed by atoms with Gasteiger partial charge >= 0.3 is 0 Å². The van der Waals surface area contributed by atoms with Gasteiger partial charge in [0.05, 0.1) is 11.6 Å². The van der Waals surface area contributed by atoms with Gasteiger partial charge in [-0.25, -0.2) is 9.97 Å². The summed E-state index contributed by atoms with van der Waals surface area (Å²) < 4.78 is 6.78. The molecule has 0 aliphatic rings. The van der Waals surface area contributed by atoms with Gasteiger partial charge in [0.2, 0.25) is 0 Å². The van der Waals surface area contributed by atoms with Crippen molar-refractivity contribution in [2.75, 3.05) is 0 Å². The number of rotatable bonds is 4. The maximum atomic E-state index is 5.85. The number of aromatic nitrogens is 3. The fourth-order valence-corrected chi connectivity index (χ4v) is 2.37. The Morgan fingerprint density at radius 2 is 2.19 bits per heavy atom. The van der Waals surface area contributed by atoms with E-state index in [1.54, 1.807) is 6.20 Å². The molecule has 1 unspecified atom stereocenters. The number of halogens is 1. The molecule has 0 saturated heterocycles. The van der Waals surface area contributed by atoms with Gasteiger partial charge in [0, 0.05) is 16.2 Å². The van der Waals surface area contributed by atoms with Crippen LogP contribution in [-0.4, -0.2) is 21.1 Å². The molecule has 3 rings (SSSR count). The van der Waals surface area contributed by atoms with Crippen molar-refractivity contribution in [2.24, 2.45) is 0 Å². The summed E-state index contributed by atoms with van der Waals surface area (Å²) in [6.07, 6.45) is 2.93. The number of nitrogens with zero attached hydrogens (tertiary/aromatic N) is 2. The Morgan fingerprint density at radius 1 is 1.33 bits per heavy atom. The van der Waals surface area contributed by atoms with Gasteiger partial charge in [0.25, 0.3) is 0 Å². The Morgan fingerprint density at radius 3 is 3.00 bits per heavy atom. The normalized spacial score (nSPS) is 12.5. The second-order valence-corrected chi connectivity index (χ2v) is 5.89. The number of fused-ring (bicyclic) bond motifs is 1. The predicted molar refractivity (Wildman–Crippen MR) is 87.4 cm³/mol. The van der Waals surface area contributed by atoms with Crippen molar-refractivity contribution in [3.05, 3.63) is 41.0 Å². The number of ether oxygens (including phenoxy) is 1. The number of nitrogens with one attached hydrogen (secondary N) is 1. The minimum Gasteiger partial charge on any atom is -0.491 e. The summed E-state index contributed by atoms with van der Waals surface area (Å²) in [5.41, 5.74) is 2.61. The van der Waals surface area contributed by atoms with Gasteiger partial charge in [-0.05, 0) is 47.5 Å². The minimum absolute atomic E-state index is 0.202. The molecule has 5 heteroatoms. The molecule has 0 saturated carbocycles. The van der Waals surface area contributed by atoms with Crippen molar-refractivity contribution in [1.29, 1.82) is 0 Å². The van der Waals surface area contributed by atoms with Crippen LogP contribution in [0.3, 0.4) is 0 Å². The van der Waals surface area contributed by atoms with Gasteiger partial charge in [-0.2, -0.15) is 0 Å². The van der Waals surface area contributed by atoms with E-state index in [-0.39, 0.29) is 6.10 Å². The van der Waals surface area contributed by atoms with Crippen LogP contribution in [0.25, 0.3) is 22.6 Å². The molecule has 0 aliphatic heterocycles. The molecule has 1 atom stereocenters. The molecule has 0 radical (unpaired) electrons. The summed E-state index contributed by atoms with van der Waals surface area (Å²) in [5.74, 6) is 1.65. The lowest BCUT2D eigenvalue weighted by Gasteiger charge is -2.12. The van der Waals surface area contributed by atoms with Crippen LogP contribution in [0.4, 0.5) is 0 Å². The van der Waals surface area contributed by atoms with E-state index in [0.717, 1.165) is 33.5 Å². The average Bonchev–Trinajstić information content (AvgIpc) is 2.90. The zero-order valence-corrected chi connectivity index (χ0v) is 13.5. The van der Waals surface area contributed by atoms with Crippen LogP contribution in [0, 0.1) is 0 Å². The monoisotopic (exact) mass is 345 g/mol. The number of benzene rings is 1. The van der Waals surface area contributed by atoms with Gasteiger partial charge in [-0.3, -0.25) is 0 Å². The molecule has 21 heavy (non-hydrogen) atoms. The van der Waals surface area contributed by atoms with Gasteiger partial charge in [-0.1, -0.05) is 19.1 Å². The first-order valence-electron chi connectivity index (χ1n) is 6.94. The topological polar surface area (TPSA) is 50.8 Å². The first-order valence-corrected chi connectivity index (χ1v) is 7.73. The van der Waals surface area contributed by atoms with E-state index in [1.165, 1.54) is 0 Å². The lowest BCUT2D eigenvalue weighted by atomic mass is 10.2. The SMILES string of the molecule is CCC(C)Oc1cccc(-c2nc3ncc(Br)cc3[nH]2)c1. The van der Waals surface area contributed by atoms with Crippen LogP contribution in [-0.2, 0) is 0 Å². The number of aromatic amines is 1. The smallest absolute Gasteiger partial charge is 0.178 e. The molecular formula is C16H16BrN3O.